The maximum Gasteiger partial charge on any atom is 0.166 e. The lowest BCUT2D eigenvalue weighted by Crippen LogP contribution is -2.50. The third kappa shape index (κ3) is 2.91. The Bertz CT molecular complexity index is 1410. The zero-order chi connectivity index (χ0) is 24.0. The van der Waals surface area contributed by atoms with E-state index in [1.807, 2.05) is 19.2 Å². The Hall–Kier alpha value is -3.42. The van der Waals surface area contributed by atoms with Crippen LogP contribution in [0.25, 0.3) is 16.7 Å². The summed E-state index contributed by atoms with van der Waals surface area (Å²) in [5, 5.41) is 16.3. The van der Waals surface area contributed by atoms with E-state index in [9.17, 15) is 5.26 Å². The Labute approximate surface area is 203 Å². The summed E-state index contributed by atoms with van der Waals surface area (Å²) in [6, 6.07) is 2.29. The van der Waals surface area contributed by atoms with Gasteiger partial charge in [0.05, 0.1) is 25.4 Å². The standard InChI is InChI=1S/C25H28N8O2/c1-23(2)22-29-18-20(32-5-4-25(12-32)13-34-14-25)30-19(31-21(18)33(22)6-7-35-23)15-8-17-16(9-26)11-28-24(17,3)27-10-15/h8,10-11,27-28H,4-7,12-14H2,1-3H3. The summed E-state index contributed by atoms with van der Waals surface area (Å²) in [5.41, 5.74) is 3.20. The van der Waals surface area contributed by atoms with Gasteiger partial charge in [-0.2, -0.15) is 5.26 Å². The molecule has 0 saturated carbocycles. The van der Waals surface area contributed by atoms with E-state index in [-0.39, 0.29) is 5.41 Å². The van der Waals surface area contributed by atoms with Gasteiger partial charge >= 0.3 is 0 Å². The molecule has 10 heteroatoms. The number of hydrogen-bond acceptors (Lipinski definition) is 9. The summed E-state index contributed by atoms with van der Waals surface area (Å²) < 4.78 is 13.8. The molecular weight excluding hydrogens is 444 g/mol. The second kappa shape index (κ2) is 6.83. The third-order valence-corrected chi connectivity index (χ3v) is 7.98. The normalized spacial score (nSPS) is 27.7. The first kappa shape index (κ1) is 20.9. The van der Waals surface area contributed by atoms with Gasteiger partial charge in [-0.1, -0.05) is 0 Å². The molecule has 7 rings (SSSR count). The molecule has 0 aromatic carbocycles. The molecule has 1 atom stereocenters. The van der Waals surface area contributed by atoms with E-state index < -0.39 is 11.3 Å². The summed E-state index contributed by atoms with van der Waals surface area (Å²) in [7, 11) is 0. The predicted octanol–water partition coefficient (Wildman–Crippen LogP) is 1.92. The molecule has 0 bridgehead atoms. The number of nitrogens with zero attached hydrogens (tertiary/aromatic N) is 6. The molecule has 1 spiro atoms. The fraction of sp³-hybridized carbons (Fsp3) is 0.520. The van der Waals surface area contributed by atoms with Gasteiger partial charge in [0.15, 0.2) is 22.8 Å². The minimum absolute atomic E-state index is 0.219. The number of dihydropyridines is 1. The van der Waals surface area contributed by atoms with Gasteiger partial charge in [0.2, 0.25) is 0 Å². The zero-order valence-electron chi connectivity index (χ0n) is 20.2. The van der Waals surface area contributed by atoms with Crippen LogP contribution in [0.2, 0.25) is 0 Å². The number of hydrogen-bond donors (Lipinski definition) is 2. The van der Waals surface area contributed by atoms with E-state index in [0.29, 0.717) is 24.5 Å². The quantitative estimate of drug-likeness (QED) is 0.677. The van der Waals surface area contributed by atoms with Crippen LogP contribution in [0, 0.1) is 16.7 Å². The number of nitriles is 1. The topological polar surface area (TPSA) is 113 Å². The van der Waals surface area contributed by atoms with Crippen molar-refractivity contribution >= 4 is 22.6 Å². The lowest BCUT2D eigenvalue weighted by molar-refractivity contribution is -0.0985. The van der Waals surface area contributed by atoms with E-state index >= 15 is 0 Å². The van der Waals surface area contributed by atoms with Crippen molar-refractivity contribution in [2.75, 3.05) is 37.8 Å². The number of ether oxygens (including phenoxy) is 2. The van der Waals surface area contributed by atoms with E-state index in [1.54, 1.807) is 6.20 Å². The molecule has 2 aromatic heterocycles. The van der Waals surface area contributed by atoms with Crippen molar-refractivity contribution in [3.63, 3.8) is 0 Å². The summed E-state index contributed by atoms with van der Waals surface area (Å²) in [5.74, 6) is 2.36. The first-order valence-corrected chi connectivity index (χ1v) is 12.2. The Morgan fingerprint density at radius 2 is 1.91 bits per heavy atom. The van der Waals surface area contributed by atoms with Crippen LogP contribution in [0.4, 0.5) is 5.82 Å². The van der Waals surface area contributed by atoms with Gasteiger partial charge < -0.3 is 29.6 Å². The molecular formula is C25H28N8O2. The highest BCUT2D eigenvalue weighted by Crippen LogP contribution is 2.42. The number of aromatic nitrogens is 4. The average molecular weight is 473 g/mol. The fourth-order valence-corrected chi connectivity index (χ4v) is 5.83. The third-order valence-electron chi connectivity index (χ3n) is 7.98. The number of rotatable bonds is 2. The number of nitrogens with one attached hydrogen (secondary N) is 2. The molecule has 2 N–H and O–H groups in total. The molecule has 2 saturated heterocycles. The van der Waals surface area contributed by atoms with Crippen molar-refractivity contribution < 1.29 is 9.47 Å². The fourth-order valence-electron chi connectivity index (χ4n) is 5.83. The minimum Gasteiger partial charge on any atom is -0.380 e. The number of anilines is 1. The first-order chi connectivity index (χ1) is 16.8. The van der Waals surface area contributed by atoms with Gasteiger partial charge in [0.25, 0.3) is 0 Å². The maximum atomic E-state index is 9.62. The van der Waals surface area contributed by atoms with Gasteiger partial charge in [0, 0.05) is 48.6 Å². The van der Waals surface area contributed by atoms with Crippen LogP contribution >= 0.6 is 0 Å². The van der Waals surface area contributed by atoms with E-state index in [4.69, 9.17) is 24.4 Å². The Balaban J connectivity index is 1.39. The van der Waals surface area contributed by atoms with Crippen molar-refractivity contribution in [2.45, 2.75) is 45.0 Å². The van der Waals surface area contributed by atoms with Crippen molar-refractivity contribution in [1.82, 2.24) is 30.2 Å². The summed E-state index contributed by atoms with van der Waals surface area (Å²) in [6.07, 6.45) is 6.79. The van der Waals surface area contributed by atoms with Crippen LogP contribution in [-0.4, -0.2) is 58.1 Å². The van der Waals surface area contributed by atoms with Crippen molar-refractivity contribution in [3.8, 4) is 6.07 Å². The number of imidazole rings is 1. The van der Waals surface area contributed by atoms with Crippen LogP contribution in [0.5, 0.6) is 0 Å². The molecule has 0 aliphatic carbocycles. The van der Waals surface area contributed by atoms with Crippen LogP contribution in [0.3, 0.4) is 0 Å². The molecule has 2 aromatic rings. The maximum absolute atomic E-state index is 9.62. The van der Waals surface area contributed by atoms with Gasteiger partial charge in [-0.3, -0.25) is 0 Å². The van der Waals surface area contributed by atoms with Gasteiger partial charge in [-0.05, 0) is 33.3 Å². The van der Waals surface area contributed by atoms with E-state index in [0.717, 1.165) is 66.7 Å². The molecule has 35 heavy (non-hydrogen) atoms. The molecule has 10 nitrogen and oxygen atoms in total. The van der Waals surface area contributed by atoms with E-state index in [1.165, 1.54) is 0 Å². The largest absolute Gasteiger partial charge is 0.380 e. The summed E-state index contributed by atoms with van der Waals surface area (Å²) in [6.45, 7) is 10.9. The zero-order valence-corrected chi connectivity index (χ0v) is 20.2. The average Bonchev–Trinajstić information content (AvgIpc) is 3.51. The molecule has 0 radical (unpaired) electrons. The molecule has 5 aliphatic heterocycles. The number of fused-ring (bicyclic) bond motifs is 4. The molecule has 2 fully saturated rings. The Morgan fingerprint density at radius 1 is 1.09 bits per heavy atom. The van der Waals surface area contributed by atoms with Gasteiger partial charge in [-0.15, -0.1) is 0 Å². The van der Waals surface area contributed by atoms with Gasteiger partial charge in [0.1, 0.15) is 23.2 Å². The van der Waals surface area contributed by atoms with Crippen LogP contribution < -0.4 is 15.5 Å². The highest BCUT2D eigenvalue weighted by molar-refractivity contribution is 5.88. The number of allylic oxidation sites excluding steroid dienone is 2. The Kier molecular flexibility index (Phi) is 4.08. The second-order valence-corrected chi connectivity index (χ2v) is 10.9. The monoisotopic (exact) mass is 472 g/mol. The van der Waals surface area contributed by atoms with Crippen molar-refractivity contribution in [2.24, 2.45) is 5.41 Å². The van der Waals surface area contributed by atoms with E-state index in [2.05, 4.69) is 40.0 Å². The lowest BCUT2D eigenvalue weighted by Gasteiger charge is -2.37. The van der Waals surface area contributed by atoms with Gasteiger partial charge in [-0.25, -0.2) is 15.0 Å². The van der Waals surface area contributed by atoms with Crippen molar-refractivity contribution in [3.05, 3.63) is 41.3 Å². The Morgan fingerprint density at radius 3 is 2.66 bits per heavy atom. The van der Waals surface area contributed by atoms with Crippen molar-refractivity contribution in [1.29, 1.82) is 5.26 Å². The molecule has 180 valence electrons. The van der Waals surface area contributed by atoms with Crippen LogP contribution in [-0.2, 0) is 21.6 Å². The summed E-state index contributed by atoms with van der Waals surface area (Å²) >= 11 is 0. The highest BCUT2D eigenvalue weighted by Gasteiger charge is 2.46. The molecule has 5 aliphatic rings. The highest BCUT2D eigenvalue weighted by atomic mass is 16.5. The summed E-state index contributed by atoms with van der Waals surface area (Å²) in [4.78, 5) is 17.5. The first-order valence-electron chi connectivity index (χ1n) is 12.2. The second-order valence-electron chi connectivity index (χ2n) is 10.9. The predicted molar refractivity (Wildman–Crippen MR) is 129 cm³/mol. The molecule has 1 unspecified atom stereocenters. The van der Waals surface area contributed by atoms with Crippen LogP contribution in [0.1, 0.15) is 38.8 Å². The lowest BCUT2D eigenvalue weighted by atomic mass is 9.85. The molecule has 7 heterocycles. The smallest absolute Gasteiger partial charge is 0.166 e. The molecule has 0 amide bonds. The minimum atomic E-state index is -0.510. The SMILES string of the molecule is CC12NC=C(C#N)C1=CC(c1nc(N3CCC4(COC4)C3)c3nc4n(c3n1)CCOC4(C)C)=CN2. The van der Waals surface area contributed by atoms with Crippen LogP contribution in [0.15, 0.2) is 29.6 Å².